The minimum absolute atomic E-state index is 0.104. The third kappa shape index (κ3) is 15.2. The zero-order valence-corrected chi connectivity index (χ0v) is 9.35. The first-order valence-corrected chi connectivity index (χ1v) is 5.00. The summed E-state index contributed by atoms with van der Waals surface area (Å²) in [5.74, 6) is 0. The Bertz CT molecular complexity index is 97.4. The first-order valence-electron chi connectivity index (χ1n) is 4.24. The van der Waals surface area contributed by atoms with Crippen molar-refractivity contribution in [1.29, 1.82) is 0 Å². The van der Waals surface area contributed by atoms with Crippen LogP contribution in [0.1, 0.15) is 26.2 Å². The van der Waals surface area contributed by atoms with Crippen molar-refractivity contribution in [3.8, 4) is 0 Å². The van der Waals surface area contributed by atoms with Crippen LogP contribution >= 0.6 is 23.2 Å². The summed E-state index contributed by atoms with van der Waals surface area (Å²) in [5.41, 5.74) is 0. The first-order chi connectivity index (χ1) is 6.04. The van der Waals surface area contributed by atoms with E-state index in [1.807, 2.05) is 0 Å². The topological polar surface area (TPSA) is 60.7 Å². The van der Waals surface area contributed by atoms with Gasteiger partial charge in [0.1, 0.15) is 4.33 Å². The Labute approximate surface area is 89.3 Å². The fraction of sp³-hybridized carbons (Fsp3) is 1.00. The van der Waals surface area contributed by atoms with Crippen LogP contribution in [0.25, 0.3) is 0 Å². The minimum atomic E-state index is -1.16. The Morgan fingerprint density at radius 3 is 1.69 bits per heavy atom. The second-order valence-electron chi connectivity index (χ2n) is 2.56. The van der Waals surface area contributed by atoms with Gasteiger partial charge in [0.15, 0.2) is 0 Å². The molecule has 0 heterocycles. The smallest absolute Gasteiger partial charge is 0.143 e. The Balaban J connectivity index is 0. The van der Waals surface area contributed by atoms with E-state index < -0.39 is 4.33 Å². The van der Waals surface area contributed by atoms with E-state index in [9.17, 15) is 0 Å². The lowest BCUT2D eigenvalue weighted by atomic mass is 10.3. The van der Waals surface area contributed by atoms with Gasteiger partial charge in [-0.25, -0.2) is 0 Å². The molecule has 0 aliphatic rings. The molecule has 13 heavy (non-hydrogen) atoms. The second-order valence-corrected chi connectivity index (χ2v) is 4.21. The minimum Gasteiger partial charge on any atom is -0.396 e. The maximum atomic E-state index is 8.35. The zero-order chi connectivity index (χ0) is 10.7. The molecular formula is C8H18Cl2O3. The van der Waals surface area contributed by atoms with Crippen LogP contribution < -0.4 is 0 Å². The molecule has 0 fully saturated rings. The molecule has 5 heteroatoms. The molecule has 0 atom stereocenters. The number of hydrogen-bond acceptors (Lipinski definition) is 3. The van der Waals surface area contributed by atoms with Crippen molar-refractivity contribution in [2.45, 2.75) is 30.5 Å². The lowest BCUT2D eigenvalue weighted by molar-refractivity contribution is 0.233. The lowest BCUT2D eigenvalue weighted by Crippen LogP contribution is -2.19. The van der Waals surface area contributed by atoms with Gasteiger partial charge in [-0.2, -0.15) is 0 Å². The average Bonchev–Trinajstić information content (AvgIpc) is 2.07. The molecule has 0 aromatic carbocycles. The third-order valence-electron chi connectivity index (χ3n) is 1.22. The van der Waals surface area contributed by atoms with E-state index in [0.29, 0.717) is 6.61 Å². The van der Waals surface area contributed by atoms with Gasteiger partial charge in [0.05, 0.1) is 6.61 Å². The molecule has 0 spiro atoms. The number of unbranched alkanes of at least 4 members (excludes halogenated alkanes) is 1. The molecule has 0 aliphatic heterocycles. The summed E-state index contributed by atoms with van der Waals surface area (Å²) in [6.45, 7) is 1.97. The SMILES string of the molecule is CCCCO.OCCC(Cl)(Cl)CO. The fourth-order valence-electron chi connectivity index (χ4n) is 0.401. The summed E-state index contributed by atoms with van der Waals surface area (Å²) in [7, 11) is 0. The van der Waals surface area contributed by atoms with Gasteiger partial charge in [-0.1, -0.05) is 36.5 Å². The van der Waals surface area contributed by atoms with E-state index in [1.165, 1.54) is 0 Å². The average molecular weight is 233 g/mol. The molecule has 0 aliphatic carbocycles. The monoisotopic (exact) mass is 232 g/mol. The number of alkyl halides is 2. The van der Waals surface area contributed by atoms with E-state index >= 15 is 0 Å². The highest BCUT2D eigenvalue weighted by Crippen LogP contribution is 2.23. The van der Waals surface area contributed by atoms with Crippen molar-refractivity contribution >= 4 is 23.2 Å². The Morgan fingerprint density at radius 1 is 1.08 bits per heavy atom. The molecule has 0 bridgehead atoms. The van der Waals surface area contributed by atoms with Gasteiger partial charge < -0.3 is 15.3 Å². The summed E-state index contributed by atoms with van der Waals surface area (Å²) < 4.78 is -1.16. The molecule has 3 N–H and O–H groups in total. The highest BCUT2D eigenvalue weighted by Gasteiger charge is 2.20. The van der Waals surface area contributed by atoms with Crippen molar-refractivity contribution in [3.63, 3.8) is 0 Å². The molecular weight excluding hydrogens is 215 g/mol. The van der Waals surface area contributed by atoms with Crippen LogP contribution in [0.2, 0.25) is 0 Å². The predicted octanol–water partition coefficient (Wildman–Crippen LogP) is 1.31. The summed E-state index contributed by atoms with van der Waals surface area (Å²) in [5, 5.41) is 24.7. The van der Waals surface area contributed by atoms with Crippen LogP contribution in [-0.2, 0) is 0 Å². The number of rotatable bonds is 5. The van der Waals surface area contributed by atoms with Gasteiger partial charge in [-0.05, 0) is 6.42 Å². The van der Waals surface area contributed by atoms with Gasteiger partial charge in [0.25, 0.3) is 0 Å². The second kappa shape index (κ2) is 10.5. The molecule has 0 saturated carbocycles. The maximum absolute atomic E-state index is 8.35. The highest BCUT2D eigenvalue weighted by atomic mass is 35.5. The molecule has 0 aromatic heterocycles. The molecule has 0 amide bonds. The van der Waals surface area contributed by atoms with Gasteiger partial charge >= 0.3 is 0 Å². The molecule has 0 aromatic rings. The van der Waals surface area contributed by atoms with Crippen LogP contribution in [0.4, 0.5) is 0 Å². The number of hydrogen-bond donors (Lipinski definition) is 3. The molecule has 82 valence electrons. The normalized spacial score (nSPS) is 10.6. The summed E-state index contributed by atoms with van der Waals surface area (Å²) in [6, 6.07) is 0. The predicted molar refractivity (Wildman–Crippen MR) is 55.2 cm³/mol. The standard InChI is InChI=1S/C4H8Cl2O2.C4H10O/c5-4(6,3-8)1-2-7;1-2-3-4-5/h7-8H,1-3H2;5H,2-4H2,1H3. The third-order valence-corrected chi connectivity index (χ3v) is 1.84. The van der Waals surface area contributed by atoms with Gasteiger partial charge in [-0.15, -0.1) is 0 Å². The van der Waals surface area contributed by atoms with Crippen LogP contribution in [0.5, 0.6) is 0 Å². The molecule has 0 rings (SSSR count). The number of aliphatic hydroxyl groups is 3. The summed E-state index contributed by atoms with van der Waals surface area (Å²) >= 11 is 10.8. The van der Waals surface area contributed by atoms with E-state index in [1.54, 1.807) is 0 Å². The van der Waals surface area contributed by atoms with E-state index in [2.05, 4.69) is 6.92 Å². The lowest BCUT2D eigenvalue weighted by Gasteiger charge is -2.12. The molecule has 3 nitrogen and oxygen atoms in total. The maximum Gasteiger partial charge on any atom is 0.143 e. The number of halogens is 2. The Kier molecular flexibility index (Phi) is 12.9. The molecule has 0 unspecified atom stereocenters. The number of aliphatic hydroxyl groups excluding tert-OH is 3. The first kappa shape index (κ1) is 15.9. The van der Waals surface area contributed by atoms with Gasteiger partial charge in [-0.3, -0.25) is 0 Å². The summed E-state index contributed by atoms with van der Waals surface area (Å²) in [6.07, 6.45) is 2.24. The Hall–Kier alpha value is 0.460. The van der Waals surface area contributed by atoms with E-state index in [0.717, 1.165) is 12.8 Å². The van der Waals surface area contributed by atoms with Crippen molar-refractivity contribution in [1.82, 2.24) is 0 Å². The zero-order valence-electron chi connectivity index (χ0n) is 7.84. The highest BCUT2D eigenvalue weighted by molar-refractivity contribution is 6.48. The fourth-order valence-corrected chi connectivity index (χ4v) is 0.570. The van der Waals surface area contributed by atoms with Crippen LogP contribution in [0.3, 0.4) is 0 Å². The summed E-state index contributed by atoms with van der Waals surface area (Å²) in [4.78, 5) is 0. The van der Waals surface area contributed by atoms with Crippen LogP contribution in [0, 0.1) is 0 Å². The Morgan fingerprint density at radius 2 is 1.62 bits per heavy atom. The van der Waals surface area contributed by atoms with Crippen molar-refractivity contribution in [3.05, 3.63) is 0 Å². The van der Waals surface area contributed by atoms with Crippen molar-refractivity contribution < 1.29 is 15.3 Å². The van der Waals surface area contributed by atoms with E-state index in [-0.39, 0.29) is 19.6 Å². The van der Waals surface area contributed by atoms with Gasteiger partial charge in [0, 0.05) is 19.6 Å². The molecule has 0 radical (unpaired) electrons. The largest absolute Gasteiger partial charge is 0.396 e. The van der Waals surface area contributed by atoms with Crippen molar-refractivity contribution in [2.75, 3.05) is 19.8 Å². The molecule has 0 saturated heterocycles. The van der Waals surface area contributed by atoms with Crippen LogP contribution in [0.15, 0.2) is 0 Å². The van der Waals surface area contributed by atoms with Gasteiger partial charge in [0.2, 0.25) is 0 Å². The van der Waals surface area contributed by atoms with Crippen molar-refractivity contribution in [2.24, 2.45) is 0 Å². The van der Waals surface area contributed by atoms with Crippen LogP contribution in [-0.4, -0.2) is 39.5 Å². The quantitative estimate of drug-likeness (QED) is 0.627. The van der Waals surface area contributed by atoms with E-state index in [4.69, 9.17) is 38.5 Å².